The number of nitrogens with one attached hydrogen (secondary N) is 2. The minimum Gasteiger partial charge on any atom is -0.486 e. The van der Waals surface area contributed by atoms with E-state index in [1.807, 2.05) is 19.1 Å². The lowest BCUT2D eigenvalue weighted by Gasteiger charge is -2.22. The predicted octanol–water partition coefficient (Wildman–Crippen LogP) is 3.82. The number of amides is 1. The first kappa shape index (κ1) is 15.8. The molecule has 0 bridgehead atoms. The van der Waals surface area contributed by atoms with Gasteiger partial charge in [-0.15, -0.1) is 0 Å². The van der Waals surface area contributed by atoms with Gasteiger partial charge in [0.25, 0.3) is 0 Å². The van der Waals surface area contributed by atoms with Crippen molar-refractivity contribution in [3.8, 4) is 11.5 Å². The number of fused-ring (bicyclic) bond motifs is 2. The molecule has 4 rings (SSSR count). The van der Waals surface area contributed by atoms with Crippen LogP contribution in [0.25, 0.3) is 0 Å². The molecule has 0 saturated carbocycles. The third-order valence-corrected chi connectivity index (χ3v) is 4.77. The largest absolute Gasteiger partial charge is 0.486 e. The van der Waals surface area contributed by atoms with Gasteiger partial charge in [0.1, 0.15) is 13.2 Å². The Morgan fingerprint density at radius 1 is 1.12 bits per heavy atom. The average molecular weight is 338 g/mol. The molecule has 2 aromatic rings. The zero-order chi connectivity index (χ0) is 17.4. The van der Waals surface area contributed by atoms with Gasteiger partial charge in [0.15, 0.2) is 11.5 Å². The van der Waals surface area contributed by atoms with Crippen molar-refractivity contribution >= 4 is 17.3 Å². The monoisotopic (exact) mass is 338 g/mol. The van der Waals surface area contributed by atoms with E-state index >= 15 is 0 Å². The SMILES string of the molecule is CC(=O)Nc1cc(N[C@H]2CCc3cc4c(cc32)OCCO4)ccc1C. The maximum Gasteiger partial charge on any atom is 0.221 e. The highest BCUT2D eigenvalue weighted by Crippen LogP contribution is 2.42. The highest BCUT2D eigenvalue weighted by molar-refractivity contribution is 5.90. The van der Waals surface area contributed by atoms with E-state index in [4.69, 9.17) is 9.47 Å². The molecule has 5 heteroatoms. The van der Waals surface area contributed by atoms with Crippen molar-refractivity contribution in [1.29, 1.82) is 0 Å². The van der Waals surface area contributed by atoms with Crippen molar-refractivity contribution in [1.82, 2.24) is 0 Å². The van der Waals surface area contributed by atoms with Crippen LogP contribution in [0, 0.1) is 6.92 Å². The lowest BCUT2D eigenvalue weighted by atomic mass is 10.1. The molecule has 2 aromatic carbocycles. The molecule has 5 nitrogen and oxygen atoms in total. The second-order valence-electron chi connectivity index (χ2n) is 6.64. The van der Waals surface area contributed by atoms with Gasteiger partial charge >= 0.3 is 0 Å². The normalized spacial score (nSPS) is 17.8. The van der Waals surface area contributed by atoms with E-state index in [2.05, 4.69) is 28.8 Å². The van der Waals surface area contributed by atoms with Gasteiger partial charge in [-0.2, -0.15) is 0 Å². The Labute approximate surface area is 147 Å². The summed E-state index contributed by atoms with van der Waals surface area (Å²) in [5, 5.41) is 6.48. The molecular formula is C20H22N2O3. The number of rotatable bonds is 3. The van der Waals surface area contributed by atoms with Gasteiger partial charge in [-0.05, 0) is 60.7 Å². The first-order valence-electron chi connectivity index (χ1n) is 8.67. The molecule has 2 aliphatic rings. The van der Waals surface area contributed by atoms with Crippen LogP contribution in [0.1, 0.15) is 36.1 Å². The summed E-state index contributed by atoms with van der Waals surface area (Å²) < 4.78 is 11.4. The molecule has 130 valence electrons. The maximum absolute atomic E-state index is 11.4. The molecule has 0 fully saturated rings. The second kappa shape index (κ2) is 6.31. The van der Waals surface area contributed by atoms with Crippen LogP contribution in [0.3, 0.4) is 0 Å². The molecule has 25 heavy (non-hydrogen) atoms. The Kier molecular flexibility index (Phi) is 3.99. The fourth-order valence-electron chi connectivity index (χ4n) is 3.53. The number of carbonyl (C=O) groups is 1. The van der Waals surface area contributed by atoms with Gasteiger partial charge in [-0.1, -0.05) is 6.07 Å². The number of aryl methyl sites for hydroxylation is 2. The van der Waals surface area contributed by atoms with Crippen LogP contribution in [0.2, 0.25) is 0 Å². The van der Waals surface area contributed by atoms with Gasteiger partial charge in [-0.25, -0.2) is 0 Å². The molecule has 0 aromatic heterocycles. The molecule has 1 heterocycles. The molecule has 1 aliphatic heterocycles. The van der Waals surface area contributed by atoms with Crippen LogP contribution in [0.15, 0.2) is 30.3 Å². The van der Waals surface area contributed by atoms with Crippen molar-refractivity contribution in [2.75, 3.05) is 23.8 Å². The summed E-state index contributed by atoms with van der Waals surface area (Å²) in [4.78, 5) is 11.4. The van der Waals surface area contributed by atoms with Gasteiger partial charge in [0, 0.05) is 18.3 Å². The quantitative estimate of drug-likeness (QED) is 0.893. The summed E-state index contributed by atoms with van der Waals surface area (Å²) in [6.07, 6.45) is 2.05. The Morgan fingerprint density at radius 3 is 2.64 bits per heavy atom. The Morgan fingerprint density at radius 2 is 1.88 bits per heavy atom. The molecule has 1 aliphatic carbocycles. The van der Waals surface area contributed by atoms with Crippen LogP contribution in [0.5, 0.6) is 11.5 Å². The predicted molar refractivity (Wildman–Crippen MR) is 97.6 cm³/mol. The number of hydrogen-bond donors (Lipinski definition) is 2. The zero-order valence-electron chi connectivity index (χ0n) is 14.5. The summed E-state index contributed by atoms with van der Waals surface area (Å²) >= 11 is 0. The highest BCUT2D eigenvalue weighted by Gasteiger charge is 2.26. The second-order valence-corrected chi connectivity index (χ2v) is 6.64. The fourth-order valence-corrected chi connectivity index (χ4v) is 3.53. The fraction of sp³-hybridized carbons (Fsp3) is 0.350. The van der Waals surface area contributed by atoms with Crippen molar-refractivity contribution in [3.05, 3.63) is 47.0 Å². The highest BCUT2D eigenvalue weighted by atomic mass is 16.6. The van der Waals surface area contributed by atoms with Crippen LogP contribution in [-0.4, -0.2) is 19.1 Å². The molecule has 0 radical (unpaired) electrons. The van der Waals surface area contributed by atoms with Crippen molar-refractivity contribution in [2.45, 2.75) is 32.7 Å². The molecule has 2 N–H and O–H groups in total. The minimum atomic E-state index is -0.0600. The van der Waals surface area contributed by atoms with Crippen molar-refractivity contribution < 1.29 is 14.3 Å². The maximum atomic E-state index is 11.4. The van der Waals surface area contributed by atoms with Crippen LogP contribution >= 0.6 is 0 Å². The third-order valence-electron chi connectivity index (χ3n) is 4.77. The van der Waals surface area contributed by atoms with E-state index < -0.39 is 0 Å². The first-order chi connectivity index (χ1) is 12.1. The van der Waals surface area contributed by atoms with Crippen LogP contribution in [-0.2, 0) is 11.2 Å². The molecular weight excluding hydrogens is 316 g/mol. The van der Waals surface area contributed by atoms with E-state index in [1.54, 1.807) is 0 Å². The van der Waals surface area contributed by atoms with E-state index in [0.29, 0.717) is 13.2 Å². The Hall–Kier alpha value is -2.69. The number of carbonyl (C=O) groups excluding carboxylic acids is 1. The summed E-state index contributed by atoms with van der Waals surface area (Å²) in [7, 11) is 0. The summed E-state index contributed by atoms with van der Waals surface area (Å²) in [6, 6.07) is 10.5. The average Bonchev–Trinajstić information content (AvgIpc) is 2.97. The zero-order valence-corrected chi connectivity index (χ0v) is 14.5. The van der Waals surface area contributed by atoms with Crippen molar-refractivity contribution in [3.63, 3.8) is 0 Å². The van der Waals surface area contributed by atoms with E-state index in [1.165, 1.54) is 18.1 Å². The van der Waals surface area contributed by atoms with Crippen LogP contribution < -0.4 is 20.1 Å². The molecule has 0 unspecified atom stereocenters. The minimum absolute atomic E-state index is 0.0600. The summed E-state index contributed by atoms with van der Waals surface area (Å²) in [6.45, 7) is 4.73. The topological polar surface area (TPSA) is 59.6 Å². The molecule has 1 atom stereocenters. The van der Waals surface area contributed by atoms with Gasteiger partial charge in [0.2, 0.25) is 5.91 Å². The summed E-state index contributed by atoms with van der Waals surface area (Å²) in [5.41, 5.74) is 5.48. The summed E-state index contributed by atoms with van der Waals surface area (Å²) in [5.74, 6) is 1.63. The first-order valence-corrected chi connectivity index (χ1v) is 8.67. The molecule has 1 amide bonds. The third kappa shape index (κ3) is 3.14. The van der Waals surface area contributed by atoms with E-state index in [0.717, 1.165) is 41.3 Å². The standard InChI is InChI=1S/C20H22N2O3/c1-12-3-5-15(10-18(12)21-13(2)23)22-17-6-4-14-9-19-20(11-16(14)17)25-8-7-24-19/h3,5,9-11,17,22H,4,6-8H2,1-2H3,(H,21,23)/t17-/m0/s1. The molecule has 0 saturated heterocycles. The van der Waals surface area contributed by atoms with Crippen LogP contribution in [0.4, 0.5) is 11.4 Å². The van der Waals surface area contributed by atoms with E-state index in [9.17, 15) is 4.79 Å². The lowest BCUT2D eigenvalue weighted by molar-refractivity contribution is -0.114. The smallest absolute Gasteiger partial charge is 0.221 e. The Balaban J connectivity index is 1.58. The lowest BCUT2D eigenvalue weighted by Crippen LogP contribution is -2.16. The number of benzene rings is 2. The Bertz CT molecular complexity index is 832. The van der Waals surface area contributed by atoms with Gasteiger partial charge in [0.05, 0.1) is 6.04 Å². The number of ether oxygens (including phenoxy) is 2. The van der Waals surface area contributed by atoms with Gasteiger partial charge in [-0.3, -0.25) is 4.79 Å². The van der Waals surface area contributed by atoms with Gasteiger partial charge < -0.3 is 20.1 Å². The van der Waals surface area contributed by atoms with E-state index in [-0.39, 0.29) is 11.9 Å². The molecule has 0 spiro atoms. The van der Waals surface area contributed by atoms with Crippen molar-refractivity contribution in [2.24, 2.45) is 0 Å². The number of anilines is 2. The number of hydrogen-bond acceptors (Lipinski definition) is 4.